The molecule has 0 saturated carbocycles. The Balaban J connectivity index is 0.000000192. The molecule has 6 rings (SSSR count). The maximum Gasteiger partial charge on any atom is 0.106 e. The molecule has 0 saturated heterocycles. The summed E-state index contributed by atoms with van der Waals surface area (Å²) in [6.45, 7) is 9.50. The molecule has 0 aliphatic heterocycles. The SMILES string of the molecule is C[PH+](C)c1c(-c2ccccc2)cccc1-c1ccccc1.C[PH+](C)c1c(-c2ccccc2)cccc1-c1ccccc1.[Ni]. The van der Waals surface area contributed by atoms with E-state index >= 15 is 0 Å². The van der Waals surface area contributed by atoms with E-state index in [0.717, 1.165) is 0 Å². The minimum atomic E-state index is -0.566. The first kappa shape index (κ1) is 32.6. The van der Waals surface area contributed by atoms with Crippen LogP contribution in [0.4, 0.5) is 0 Å². The summed E-state index contributed by atoms with van der Waals surface area (Å²) in [6.07, 6.45) is 0. The summed E-state index contributed by atoms with van der Waals surface area (Å²) >= 11 is 0. The number of rotatable bonds is 6. The fourth-order valence-electron chi connectivity index (χ4n) is 5.62. The summed E-state index contributed by atoms with van der Waals surface area (Å²) in [4.78, 5) is 0. The number of benzene rings is 6. The second-order valence-corrected chi connectivity index (χ2v) is 15.9. The zero-order valence-corrected chi connectivity index (χ0v) is 28.3. The zero-order valence-electron chi connectivity index (χ0n) is 25.3. The Morgan fingerprint density at radius 1 is 0.279 bits per heavy atom. The van der Waals surface area contributed by atoms with Gasteiger partial charge in [-0.1, -0.05) is 158 Å². The molecule has 0 aliphatic rings. The third kappa shape index (κ3) is 7.99. The fourth-order valence-corrected chi connectivity index (χ4v) is 8.68. The van der Waals surface area contributed by atoms with E-state index in [1.165, 1.54) is 55.1 Å². The van der Waals surface area contributed by atoms with E-state index in [-0.39, 0.29) is 16.5 Å². The van der Waals surface area contributed by atoms with Gasteiger partial charge in [0.25, 0.3) is 0 Å². The topological polar surface area (TPSA) is 0 Å². The zero-order chi connectivity index (χ0) is 29.3. The summed E-state index contributed by atoms with van der Waals surface area (Å²) in [5.41, 5.74) is 10.8. The van der Waals surface area contributed by atoms with E-state index in [1.807, 2.05) is 0 Å². The Morgan fingerprint density at radius 2 is 0.488 bits per heavy atom. The van der Waals surface area contributed by atoms with Crippen LogP contribution >= 0.6 is 15.8 Å². The monoisotopic (exact) mass is 640 g/mol. The van der Waals surface area contributed by atoms with Gasteiger partial charge in [-0.15, -0.1) is 0 Å². The van der Waals surface area contributed by atoms with Crippen LogP contribution in [0.1, 0.15) is 0 Å². The van der Waals surface area contributed by atoms with Gasteiger partial charge in [0.05, 0.1) is 26.7 Å². The second kappa shape index (κ2) is 15.9. The van der Waals surface area contributed by atoms with Gasteiger partial charge < -0.3 is 0 Å². The van der Waals surface area contributed by atoms with Crippen LogP contribution in [-0.2, 0) is 16.5 Å². The Bertz CT molecular complexity index is 1450. The van der Waals surface area contributed by atoms with Crippen LogP contribution in [0.5, 0.6) is 0 Å². The van der Waals surface area contributed by atoms with Gasteiger partial charge in [-0.2, -0.15) is 0 Å². The van der Waals surface area contributed by atoms with Crippen LogP contribution in [0.3, 0.4) is 0 Å². The first-order valence-electron chi connectivity index (χ1n) is 14.6. The fraction of sp³-hybridized carbons (Fsp3) is 0.100. The molecule has 6 aromatic carbocycles. The molecule has 0 atom stereocenters. The molecule has 0 aliphatic carbocycles. The Kier molecular flexibility index (Phi) is 12.1. The summed E-state index contributed by atoms with van der Waals surface area (Å²) in [5.74, 6) is 0. The smallest absolute Gasteiger partial charge is 0.0622 e. The maximum atomic E-state index is 2.37. The van der Waals surface area contributed by atoms with Crippen molar-refractivity contribution in [1.82, 2.24) is 0 Å². The molecule has 43 heavy (non-hydrogen) atoms. The summed E-state index contributed by atoms with van der Waals surface area (Å²) in [6, 6.07) is 56.3. The van der Waals surface area contributed by atoms with E-state index in [4.69, 9.17) is 0 Å². The van der Waals surface area contributed by atoms with Crippen molar-refractivity contribution in [1.29, 1.82) is 0 Å². The first-order valence-corrected chi connectivity index (χ1v) is 19.6. The third-order valence-electron chi connectivity index (χ3n) is 7.47. The molecule has 0 spiro atoms. The van der Waals surface area contributed by atoms with Crippen LogP contribution in [0.2, 0.25) is 0 Å². The van der Waals surface area contributed by atoms with Crippen LogP contribution in [0.25, 0.3) is 44.5 Å². The normalized spacial score (nSPS) is 10.6. The van der Waals surface area contributed by atoms with Gasteiger partial charge in [-0.3, -0.25) is 0 Å². The molecule has 0 unspecified atom stereocenters. The average molecular weight is 641 g/mol. The Hall–Kier alpha value is -3.33. The molecule has 218 valence electrons. The molecule has 6 aromatic rings. The van der Waals surface area contributed by atoms with Crippen LogP contribution < -0.4 is 10.6 Å². The largest absolute Gasteiger partial charge is 0.106 e. The molecule has 0 amide bonds. The summed E-state index contributed by atoms with van der Waals surface area (Å²) < 4.78 is 0. The van der Waals surface area contributed by atoms with E-state index in [0.29, 0.717) is 0 Å². The van der Waals surface area contributed by atoms with Crippen LogP contribution in [0.15, 0.2) is 158 Å². The van der Waals surface area contributed by atoms with Gasteiger partial charge in [0, 0.05) is 54.6 Å². The maximum absolute atomic E-state index is 2.37. The van der Waals surface area contributed by atoms with E-state index in [1.54, 1.807) is 0 Å². The first-order chi connectivity index (χ1) is 20.5. The molecule has 3 heteroatoms. The van der Waals surface area contributed by atoms with Gasteiger partial charge in [0.2, 0.25) is 0 Å². The predicted octanol–water partition coefficient (Wildman–Crippen LogP) is 10.2. The third-order valence-corrected chi connectivity index (χ3v) is 10.5. The molecule has 0 radical (unpaired) electrons. The molecule has 0 heterocycles. The quantitative estimate of drug-likeness (QED) is 0.125. The molecule has 0 bridgehead atoms. The van der Waals surface area contributed by atoms with Gasteiger partial charge in [0.15, 0.2) is 0 Å². The number of hydrogen-bond acceptors (Lipinski definition) is 0. The molecule has 0 aromatic heterocycles. The van der Waals surface area contributed by atoms with Crippen molar-refractivity contribution in [2.24, 2.45) is 0 Å². The second-order valence-electron chi connectivity index (χ2n) is 10.9. The minimum Gasteiger partial charge on any atom is -0.0622 e. The summed E-state index contributed by atoms with van der Waals surface area (Å²) in [5, 5.41) is 3.06. The predicted molar refractivity (Wildman–Crippen MR) is 194 cm³/mol. The van der Waals surface area contributed by atoms with E-state index in [2.05, 4.69) is 184 Å². The van der Waals surface area contributed by atoms with Crippen molar-refractivity contribution in [3.63, 3.8) is 0 Å². The molecular weight excluding hydrogens is 601 g/mol. The Morgan fingerprint density at radius 3 is 0.674 bits per heavy atom. The van der Waals surface area contributed by atoms with Gasteiger partial charge in [-0.05, 0) is 22.3 Å². The average Bonchev–Trinajstić information content (AvgIpc) is 3.06. The minimum absolute atomic E-state index is 0. The van der Waals surface area contributed by atoms with Crippen LogP contribution in [0, 0.1) is 0 Å². The Labute approximate surface area is 270 Å². The van der Waals surface area contributed by atoms with E-state index < -0.39 is 15.8 Å². The molecule has 0 nitrogen and oxygen atoms in total. The van der Waals surface area contributed by atoms with Gasteiger partial charge in [0.1, 0.15) is 10.6 Å². The van der Waals surface area contributed by atoms with Crippen molar-refractivity contribution < 1.29 is 16.5 Å². The van der Waals surface area contributed by atoms with E-state index in [9.17, 15) is 0 Å². The molecular formula is C40H40NiP2+2. The van der Waals surface area contributed by atoms with Crippen LogP contribution in [-0.4, -0.2) is 26.7 Å². The van der Waals surface area contributed by atoms with Gasteiger partial charge >= 0.3 is 0 Å². The summed E-state index contributed by atoms with van der Waals surface area (Å²) in [7, 11) is -1.13. The number of hydrogen-bond donors (Lipinski definition) is 0. The van der Waals surface area contributed by atoms with Gasteiger partial charge in [-0.25, -0.2) is 0 Å². The molecule has 0 N–H and O–H groups in total. The van der Waals surface area contributed by atoms with Crippen molar-refractivity contribution >= 4 is 26.5 Å². The van der Waals surface area contributed by atoms with Crippen molar-refractivity contribution in [2.45, 2.75) is 0 Å². The van der Waals surface area contributed by atoms with Crippen molar-refractivity contribution in [3.8, 4) is 44.5 Å². The molecule has 0 fully saturated rings. The van der Waals surface area contributed by atoms with Crippen molar-refractivity contribution in [2.75, 3.05) is 26.7 Å². The van der Waals surface area contributed by atoms with Crippen molar-refractivity contribution in [3.05, 3.63) is 158 Å². The standard InChI is InChI=1S/2C20H19P.Ni/c2*1-21(2)20-18(16-10-5-3-6-11-16)14-9-15-19(20)17-12-7-4-8-13-17;/h2*3-15H,1-2H3;/p+2.